The number of hydrogen-bond donors (Lipinski definition) is 3. The fourth-order valence-corrected chi connectivity index (χ4v) is 3.70. The lowest BCUT2D eigenvalue weighted by Gasteiger charge is -2.16. The van der Waals surface area contributed by atoms with Gasteiger partial charge in [-0.15, -0.1) is 0 Å². The number of aromatic nitrogens is 1. The van der Waals surface area contributed by atoms with E-state index in [-0.39, 0.29) is 31.8 Å². The number of nitrogens with one attached hydrogen (secondary N) is 2. The zero-order valence-electron chi connectivity index (χ0n) is 17.3. The van der Waals surface area contributed by atoms with Gasteiger partial charge in [0.15, 0.2) is 11.5 Å². The number of benzene rings is 1. The van der Waals surface area contributed by atoms with E-state index in [1.807, 2.05) is 0 Å². The number of halogens is 1. The van der Waals surface area contributed by atoms with Crippen molar-refractivity contribution in [3.05, 3.63) is 28.0 Å². The summed E-state index contributed by atoms with van der Waals surface area (Å²) in [5.41, 5.74) is 2.22. The lowest BCUT2D eigenvalue weighted by molar-refractivity contribution is -0.136. The molecule has 0 spiro atoms. The number of carboxylic acid groups (broad SMARTS) is 1. The van der Waals surface area contributed by atoms with Crippen molar-refractivity contribution in [3.8, 4) is 28.4 Å². The molecule has 0 amide bonds. The van der Waals surface area contributed by atoms with E-state index in [2.05, 4.69) is 26.2 Å². The Labute approximate surface area is 182 Å². The standard InChI is InChI=1S/C20H25BrN2O7/c1-5-30-20(26)17-16(21)15(12(23-17)10-22-9-8-14(24)25)11-6-7-13(27-2)19(29-4)18(11)28-3/h6-7,22-23H,5,8-10H2,1-4H3,(H,24,25). The summed E-state index contributed by atoms with van der Waals surface area (Å²) < 4.78 is 22.0. The summed E-state index contributed by atoms with van der Waals surface area (Å²) >= 11 is 3.51. The first-order valence-corrected chi connectivity index (χ1v) is 9.98. The number of carboxylic acids is 1. The minimum Gasteiger partial charge on any atom is -0.493 e. The second-order valence-electron chi connectivity index (χ2n) is 6.09. The van der Waals surface area contributed by atoms with Gasteiger partial charge in [0.2, 0.25) is 5.75 Å². The van der Waals surface area contributed by atoms with Gasteiger partial charge in [-0.05, 0) is 35.0 Å². The number of aromatic amines is 1. The first-order valence-electron chi connectivity index (χ1n) is 9.18. The maximum atomic E-state index is 12.4. The lowest BCUT2D eigenvalue weighted by atomic mass is 10.0. The molecule has 0 atom stereocenters. The first-order chi connectivity index (χ1) is 14.4. The smallest absolute Gasteiger partial charge is 0.355 e. The number of carbonyl (C=O) groups is 2. The molecule has 0 aliphatic rings. The van der Waals surface area contributed by atoms with E-state index in [4.69, 9.17) is 24.1 Å². The van der Waals surface area contributed by atoms with E-state index < -0.39 is 11.9 Å². The summed E-state index contributed by atoms with van der Waals surface area (Å²) in [6.45, 7) is 2.51. The molecule has 1 aromatic carbocycles. The summed E-state index contributed by atoms with van der Waals surface area (Å²) in [6, 6.07) is 3.53. The molecule has 164 valence electrons. The van der Waals surface area contributed by atoms with Crippen molar-refractivity contribution in [2.75, 3.05) is 34.5 Å². The monoisotopic (exact) mass is 484 g/mol. The molecule has 0 fully saturated rings. The van der Waals surface area contributed by atoms with Crippen LogP contribution in [0.5, 0.6) is 17.2 Å². The number of hydrogen-bond acceptors (Lipinski definition) is 7. The van der Waals surface area contributed by atoms with Gasteiger partial charge in [0.1, 0.15) is 5.69 Å². The Hall–Kier alpha value is -2.72. The van der Waals surface area contributed by atoms with Gasteiger partial charge in [0.25, 0.3) is 0 Å². The van der Waals surface area contributed by atoms with Gasteiger partial charge in [-0.25, -0.2) is 4.79 Å². The molecular weight excluding hydrogens is 460 g/mol. The van der Waals surface area contributed by atoms with E-state index >= 15 is 0 Å². The number of methoxy groups -OCH3 is 3. The molecular formula is C20H25BrN2O7. The number of H-pyrrole nitrogens is 1. The maximum Gasteiger partial charge on any atom is 0.355 e. The van der Waals surface area contributed by atoms with Crippen LogP contribution in [-0.4, -0.2) is 56.5 Å². The quantitative estimate of drug-likeness (QED) is 0.328. The summed E-state index contributed by atoms with van der Waals surface area (Å²) in [5, 5.41) is 11.9. The van der Waals surface area contributed by atoms with Crippen LogP contribution in [0, 0.1) is 0 Å². The van der Waals surface area contributed by atoms with E-state index in [1.165, 1.54) is 21.3 Å². The van der Waals surface area contributed by atoms with E-state index in [9.17, 15) is 9.59 Å². The van der Waals surface area contributed by atoms with Gasteiger partial charge in [-0.3, -0.25) is 4.79 Å². The van der Waals surface area contributed by atoms with Crippen LogP contribution < -0.4 is 19.5 Å². The third-order valence-electron chi connectivity index (χ3n) is 4.29. The zero-order chi connectivity index (χ0) is 22.3. The van der Waals surface area contributed by atoms with Crippen LogP contribution in [0.3, 0.4) is 0 Å². The predicted molar refractivity (Wildman–Crippen MR) is 114 cm³/mol. The fourth-order valence-electron chi connectivity index (χ4n) is 2.99. The number of carbonyl (C=O) groups excluding carboxylic acids is 1. The van der Waals surface area contributed by atoms with Gasteiger partial charge in [-0.2, -0.15) is 0 Å². The maximum absolute atomic E-state index is 12.4. The Morgan fingerprint density at radius 1 is 1.13 bits per heavy atom. The van der Waals surface area contributed by atoms with Crippen molar-refractivity contribution in [2.45, 2.75) is 19.9 Å². The molecule has 30 heavy (non-hydrogen) atoms. The van der Waals surface area contributed by atoms with Crippen molar-refractivity contribution < 1.29 is 33.6 Å². The summed E-state index contributed by atoms with van der Waals surface area (Å²) in [5.74, 6) is -0.0747. The summed E-state index contributed by atoms with van der Waals surface area (Å²) in [4.78, 5) is 26.3. The Morgan fingerprint density at radius 3 is 2.40 bits per heavy atom. The van der Waals surface area contributed by atoms with Crippen LogP contribution in [0.1, 0.15) is 29.5 Å². The van der Waals surface area contributed by atoms with E-state index in [0.29, 0.717) is 38.5 Å². The predicted octanol–water partition coefficient (Wildman–Crippen LogP) is 3.21. The third-order valence-corrected chi connectivity index (χ3v) is 5.08. The average molecular weight is 485 g/mol. The van der Waals surface area contributed by atoms with Crippen LogP contribution in [-0.2, 0) is 16.1 Å². The van der Waals surface area contributed by atoms with Crippen molar-refractivity contribution in [3.63, 3.8) is 0 Å². The zero-order valence-corrected chi connectivity index (χ0v) is 18.8. The molecule has 1 heterocycles. The van der Waals surface area contributed by atoms with Crippen molar-refractivity contribution in [2.24, 2.45) is 0 Å². The Morgan fingerprint density at radius 2 is 1.83 bits per heavy atom. The number of esters is 1. The molecule has 0 bridgehead atoms. The normalized spacial score (nSPS) is 10.6. The summed E-state index contributed by atoms with van der Waals surface area (Å²) in [6.07, 6.45) is -0.0262. The number of aliphatic carboxylic acids is 1. The molecule has 0 aliphatic heterocycles. The Bertz CT molecular complexity index is 911. The first kappa shape index (κ1) is 23.6. The molecule has 1 aromatic heterocycles. The SMILES string of the molecule is CCOC(=O)c1[nH]c(CNCCC(=O)O)c(-c2ccc(OC)c(OC)c2OC)c1Br. The molecule has 10 heteroatoms. The third kappa shape index (κ3) is 5.06. The largest absolute Gasteiger partial charge is 0.493 e. The molecule has 2 aromatic rings. The Balaban J connectivity index is 2.59. The van der Waals surface area contributed by atoms with Gasteiger partial charge in [0.05, 0.1) is 38.8 Å². The van der Waals surface area contributed by atoms with Crippen LogP contribution >= 0.6 is 15.9 Å². The molecule has 0 saturated heterocycles. The average Bonchev–Trinajstić information content (AvgIpc) is 3.05. The minimum atomic E-state index is -0.899. The fraction of sp³-hybridized carbons (Fsp3) is 0.400. The highest BCUT2D eigenvalue weighted by Crippen LogP contribution is 2.47. The molecule has 0 unspecified atom stereocenters. The van der Waals surface area contributed by atoms with Crippen molar-refractivity contribution in [1.82, 2.24) is 10.3 Å². The molecule has 0 saturated carbocycles. The van der Waals surface area contributed by atoms with Crippen molar-refractivity contribution in [1.29, 1.82) is 0 Å². The number of ether oxygens (including phenoxy) is 4. The minimum absolute atomic E-state index is 0.0262. The van der Waals surface area contributed by atoms with Gasteiger partial charge >= 0.3 is 11.9 Å². The topological polar surface area (TPSA) is 119 Å². The van der Waals surface area contributed by atoms with E-state index in [0.717, 1.165) is 0 Å². The molecule has 0 radical (unpaired) electrons. The molecule has 9 nitrogen and oxygen atoms in total. The number of rotatable bonds is 11. The van der Waals surface area contributed by atoms with Crippen LogP contribution in [0.2, 0.25) is 0 Å². The van der Waals surface area contributed by atoms with Gasteiger partial charge in [0, 0.05) is 29.9 Å². The van der Waals surface area contributed by atoms with Gasteiger partial charge in [-0.1, -0.05) is 0 Å². The lowest BCUT2D eigenvalue weighted by Crippen LogP contribution is -2.18. The summed E-state index contributed by atoms with van der Waals surface area (Å²) in [7, 11) is 4.55. The van der Waals surface area contributed by atoms with Crippen LogP contribution in [0.4, 0.5) is 0 Å². The molecule has 2 rings (SSSR count). The van der Waals surface area contributed by atoms with Crippen LogP contribution in [0.15, 0.2) is 16.6 Å². The van der Waals surface area contributed by atoms with Crippen LogP contribution in [0.25, 0.3) is 11.1 Å². The highest BCUT2D eigenvalue weighted by atomic mass is 79.9. The second-order valence-corrected chi connectivity index (χ2v) is 6.88. The highest BCUT2D eigenvalue weighted by molar-refractivity contribution is 9.10. The highest BCUT2D eigenvalue weighted by Gasteiger charge is 2.26. The molecule has 3 N–H and O–H groups in total. The van der Waals surface area contributed by atoms with Gasteiger partial charge < -0.3 is 34.4 Å². The molecule has 0 aliphatic carbocycles. The second kappa shape index (κ2) is 10.9. The van der Waals surface area contributed by atoms with Crippen molar-refractivity contribution >= 4 is 27.9 Å². The van der Waals surface area contributed by atoms with E-state index in [1.54, 1.807) is 19.1 Å². The Kier molecular flexibility index (Phi) is 8.55.